The topological polar surface area (TPSA) is 56.9 Å². The number of urea groups is 1. The van der Waals surface area contributed by atoms with Gasteiger partial charge in [-0.1, -0.05) is 30.3 Å². The molecule has 0 aliphatic heterocycles. The highest BCUT2D eigenvalue weighted by Crippen LogP contribution is 2.17. The number of nitrogens with one attached hydrogen (secondary N) is 3. The Morgan fingerprint density at radius 2 is 1.90 bits per heavy atom. The number of benzene rings is 2. The van der Waals surface area contributed by atoms with Crippen LogP contribution in [0.15, 0.2) is 60.8 Å². The number of amides is 2. The predicted molar refractivity (Wildman–Crippen MR) is 80.6 cm³/mol. The van der Waals surface area contributed by atoms with E-state index in [1.165, 1.54) is 0 Å². The second kappa shape index (κ2) is 5.48. The Bertz CT molecular complexity index is 719. The van der Waals surface area contributed by atoms with Crippen LogP contribution in [0.4, 0.5) is 10.5 Å². The SMILES string of the molecule is O=C(NCc1ccccc1)Nc1ccc2[nH]ccc2c1. The van der Waals surface area contributed by atoms with E-state index in [9.17, 15) is 4.79 Å². The van der Waals surface area contributed by atoms with E-state index in [0.717, 1.165) is 22.2 Å². The molecule has 0 unspecified atom stereocenters. The van der Waals surface area contributed by atoms with Gasteiger partial charge in [-0.15, -0.1) is 0 Å². The average Bonchev–Trinajstić information content (AvgIpc) is 2.94. The predicted octanol–water partition coefficient (Wildman–Crippen LogP) is 3.49. The summed E-state index contributed by atoms with van der Waals surface area (Å²) >= 11 is 0. The number of carbonyl (C=O) groups excluding carboxylic acids is 1. The van der Waals surface area contributed by atoms with E-state index in [2.05, 4.69) is 15.6 Å². The quantitative estimate of drug-likeness (QED) is 0.667. The molecule has 1 aromatic heterocycles. The van der Waals surface area contributed by atoms with Gasteiger partial charge in [-0.3, -0.25) is 0 Å². The van der Waals surface area contributed by atoms with Crippen LogP contribution in [-0.4, -0.2) is 11.0 Å². The molecule has 0 aliphatic rings. The highest BCUT2D eigenvalue weighted by Gasteiger charge is 2.02. The average molecular weight is 265 g/mol. The number of rotatable bonds is 3. The fraction of sp³-hybridized carbons (Fsp3) is 0.0625. The summed E-state index contributed by atoms with van der Waals surface area (Å²) < 4.78 is 0. The number of aromatic amines is 1. The summed E-state index contributed by atoms with van der Waals surface area (Å²) in [5.74, 6) is 0. The Labute approximate surface area is 116 Å². The van der Waals surface area contributed by atoms with E-state index in [0.29, 0.717) is 6.54 Å². The molecule has 3 aromatic rings. The number of fused-ring (bicyclic) bond motifs is 1. The van der Waals surface area contributed by atoms with Crippen LogP contribution >= 0.6 is 0 Å². The lowest BCUT2D eigenvalue weighted by molar-refractivity contribution is 0.251. The fourth-order valence-electron chi connectivity index (χ4n) is 2.08. The van der Waals surface area contributed by atoms with Crippen molar-refractivity contribution in [2.45, 2.75) is 6.54 Å². The molecule has 20 heavy (non-hydrogen) atoms. The highest BCUT2D eigenvalue weighted by atomic mass is 16.2. The summed E-state index contributed by atoms with van der Waals surface area (Å²) in [4.78, 5) is 14.9. The van der Waals surface area contributed by atoms with Gasteiger partial charge in [0.15, 0.2) is 0 Å². The van der Waals surface area contributed by atoms with Crippen LogP contribution in [0, 0.1) is 0 Å². The van der Waals surface area contributed by atoms with Crippen molar-refractivity contribution in [1.29, 1.82) is 0 Å². The molecule has 3 N–H and O–H groups in total. The van der Waals surface area contributed by atoms with Gasteiger partial charge in [0.2, 0.25) is 0 Å². The largest absolute Gasteiger partial charge is 0.361 e. The maximum Gasteiger partial charge on any atom is 0.319 e. The Morgan fingerprint density at radius 3 is 2.75 bits per heavy atom. The number of hydrogen-bond donors (Lipinski definition) is 3. The number of carbonyl (C=O) groups is 1. The van der Waals surface area contributed by atoms with Gasteiger partial charge in [0.05, 0.1) is 0 Å². The van der Waals surface area contributed by atoms with Crippen molar-refractivity contribution in [3.05, 3.63) is 66.4 Å². The monoisotopic (exact) mass is 265 g/mol. The zero-order valence-corrected chi connectivity index (χ0v) is 10.9. The Kier molecular flexibility index (Phi) is 3.37. The third-order valence-corrected chi connectivity index (χ3v) is 3.11. The molecule has 1 heterocycles. The molecule has 2 amide bonds. The molecule has 0 spiro atoms. The molecule has 0 radical (unpaired) electrons. The fourth-order valence-corrected chi connectivity index (χ4v) is 2.08. The van der Waals surface area contributed by atoms with Crippen molar-refractivity contribution in [3.8, 4) is 0 Å². The molecule has 0 aliphatic carbocycles. The first-order chi connectivity index (χ1) is 9.81. The second-order valence-corrected chi connectivity index (χ2v) is 4.57. The van der Waals surface area contributed by atoms with Crippen molar-refractivity contribution in [2.75, 3.05) is 5.32 Å². The number of H-pyrrole nitrogens is 1. The van der Waals surface area contributed by atoms with Gasteiger partial charge in [-0.05, 0) is 29.8 Å². The van der Waals surface area contributed by atoms with Crippen LogP contribution < -0.4 is 10.6 Å². The lowest BCUT2D eigenvalue weighted by Crippen LogP contribution is -2.28. The minimum absolute atomic E-state index is 0.205. The van der Waals surface area contributed by atoms with Crippen molar-refractivity contribution in [3.63, 3.8) is 0 Å². The van der Waals surface area contributed by atoms with Gasteiger partial charge in [-0.25, -0.2) is 4.79 Å². The van der Waals surface area contributed by atoms with E-state index in [1.54, 1.807) is 0 Å². The number of hydrogen-bond acceptors (Lipinski definition) is 1. The van der Waals surface area contributed by atoms with Crippen LogP contribution in [0.25, 0.3) is 10.9 Å². The van der Waals surface area contributed by atoms with Crippen LogP contribution in [0.2, 0.25) is 0 Å². The standard InChI is InChI=1S/C16H15N3O/c20-16(18-11-12-4-2-1-3-5-12)19-14-6-7-15-13(10-14)8-9-17-15/h1-10,17H,11H2,(H2,18,19,20). The third-order valence-electron chi connectivity index (χ3n) is 3.11. The summed E-state index contributed by atoms with van der Waals surface area (Å²) in [7, 11) is 0. The van der Waals surface area contributed by atoms with E-state index in [4.69, 9.17) is 0 Å². The molecule has 3 rings (SSSR count). The molecule has 0 atom stereocenters. The summed E-state index contributed by atoms with van der Waals surface area (Å²) in [6.07, 6.45) is 1.88. The van der Waals surface area contributed by atoms with Crippen molar-refractivity contribution in [1.82, 2.24) is 10.3 Å². The van der Waals surface area contributed by atoms with Gasteiger partial charge < -0.3 is 15.6 Å². The minimum Gasteiger partial charge on any atom is -0.361 e. The molecule has 4 nitrogen and oxygen atoms in total. The maximum atomic E-state index is 11.8. The van der Waals surface area contributed by atoms with Gasteiger partial charge in [0.25, 0.3) is 0 Å². The summed E-state index contributed by atoms with van der Waals surface area (Å²) in [5, 5.41) is 6.74. The Hall–Kier alpha value is -2.75. The summed E-state index contributed by atoms with van der Waals surface area (Å²) in [6, 6.07) is 17.3. The first-order valence-corrected chi connectivity index (χ1v) is 6.47. The van der Waals surface area contributed by atoms with Gasteiger partial charge in [0, 0.05) is 29.3 Å². The van der Waals surface area contributed by atoms with Crippen LogP contribution in [0.1, 0.15) is 5.56 Å². The van der Waals surface area contributed by atoms with Crippen molar-refractivity contribution >= 4 is 22.6 Å². The first-order valence-electron chi connectivity index (χ1n) is 6.47. The third kappa shape index (κ3) is 2.80. The first kappa shape index (κ1) is 12.3. The van der Waals surface area contributed by atoms with Crippen molar-refractivity contribution in [2.24, 2.45) is 0 Å². The zero-order valence-electron chi connectivity index (χ0n) is 10.9. The number of anilines is 1. The lowest BCUT2D eigenvalue weighted by Gasteiger charge is -2.07. The molecule has 4 heteroatoms. The zero-order chi connectivity index (χ0) is 13.8. The molecule has 0 saturated carbocycles. The van der Waals surface area contributed by atoms with Crippen LogP contribution in [-0.2, 0) is 6.54 Å². The molecular formula is C16H15N3O. The Balaban J connectivity index is 1.61. The van der Waals surface area contributed by atoms with Crippen LogP contribution in [0.3, 0.4) is 0 Å². The summed E-state index contributed by atoms with van der Waals surface area (Å²) in [5.41, 5.74) is 2.91. The van der Waals surface area contributed by atoms with Crippen LogP contribution in [0.5, 0.6) is 0 Å². The molecule has 100 valence electrons. The number of aromatic nitrogens is 1. The normalized spacial score (nSPS) is 10.4. The summed E-state index contributed by atoms with van der Waals surface area (Å²) in [6.45, 7) is 0.513. The van der Waals surface area contributed by atoms with E-state index in [1.807, 2.05) is 60.8 Å². The minimum atomic E-state index is -0.205. The maximum absolute atomic E-state index is 11.8. The van der Waals surface area contributed by atoms with Gasteiger partial charge in [-0.2, -0.15) is 0 Å². The van der Waals surface area contributed by atoms with Gasteiger partial charge in [0.1, 0.15) is 0 Å². The van der Waals surface area contributed by atoms with E-state index < -0.39 is 0 Å². The molecule has 0 saturated heterocycles. The van der Waals surface area contributed by atoms with E-state index in [-0.39, 0.29) is 6.03 Å². The Morgan fingerprint density at radius 1 is 1.05 bits per heavy atom. The molecular weight excluding hydrogens is 250 g/mol. The molecule has 2 aromatic carbocycles. The second-order valence-electron chi connectivity index (χ2n) is 4.57. The van der Waals surface area contributed by atoms with E-state index >= 15 is 0 Å². The van der Waals surface area contributed by atoms with Gasteiger partial charge >= 0.3 is 6.03 Å². The molecule has 0 bridgehead atoms. The highest BCUT2D eigenvalue weighted by molar-refractivity contribution is 5.92. The smallest absolute Gasteiger partial charge is 0.319 e. The lowest BCUT2D eigenvalue weighted by atomic mass is 10.2. The van der Waals surface area contributed by atoms with Crippen molar-refractivity contribution < 1.29 is 4.79 Å². The molecule has 0 fully saturated rings.